The van der Waals surface area contributed by atoms with Crippen molar-refractivity contribution in [1.29, 1.82) is 0 Å². The van der Waals surface area contributed by atoms with Gasteiger partial charge in [0.25, 0.3) is 0 Å². The molecule has 0 aromatic carbocycles. The van der Waals surface area contributed by atoms with Crippen LogP contribution in [-0.4, -0.2) is 18.5 Å². The van der Waals surface area contributed by atoms with Crippen LogP contribution in [0.15, 0.2) is 0 Å². The van der Waals surface area contributed by atoms with Gasteiger partial charge in [-0.25, -0.2) is 0 Å². The molecular weight excluding hydrogens is 272 g/mol. The van der Waals surface area contributed by atoms with Gasteiger partial charge in [0, 0.05) is 12.6 Å². The summed E-state index contributed by atoms with van der Waals surface area (Å²) in [6.07, 6.45) is 7.16. The molecule has 3 nitrogen and oxygen atoms in total. The average Bonchev–Trinajstić information content (AvgIpc) is 3.03. The summed E-state index contributed by atoms with van der Waals surface area (Å²) in [5, 5.41) is 3.28. The molecule has 118 valence electrons. The van der Waals surface area contributed by atoms with E-state index in [2.05, 4.69) is 26.1 Å². The summed E-state index contributed by atoms with van der Waals surface area (Å²) in [6.45, 7) is 6.78. The smallest absolute Gasteiger partial charge is 0.227 e. The van der Waals surface area contributed by atoms with Gasteiger partial charge < -0.3 is 11.1 Å². The highest BCUT2D eigenvalue weighted by Crippen LogP contribution is 2.49. The summed E-state index contributed by atoms with van der Waals surface area (Å²) in [5.74, 6) is 2.67. The van der Waals surface area contributed by atoms with Crippen LogP contribution in [0.2, 0.25) is 0 Å². The normalized spacial score (nSPS) is 29.9. The fourth-order valence-electron chi connectivity index (χ4n) is 4.33. The zero-order chi connectivity index (χ0) is 14.0. The summed E-state index contributed by atoms with van der Waals surface area (Å²) < 4.78 is 0. The molecule has 2 fully saturated rings. The second-order valence-electron chi connectivity index (χ2n) is 6.79. The molecule has 4 heteroatoms. The van der Waals surface area contributed by atoms with Gasteiger partial charge in [-0.1, -0.05) is 20.3 Å². The first-order valence-electron chi connectivity index (χ1n) is 8.07. The first-order chi connectivity index (χ1) is 9.06. The summed E-state index contributed by atoms with van der Waals surface area (Å²) >= 11 is 0. The third kappa shape index (κ3) is 3.14. The molecule has 2 rings (SSSR count). The molecule has 0 radical (unpaired) electrons. The lowest BCUT2D eigenvalue weighted by atomic mass is 9.79. The van der Waals surface area contributed by atoms with Gasteiger partial charge in [-0.2, -0.15) is 0 Å². The van der Waals surface area contributed by atoms with E-state index in [1.807, 2.05) is 0 Å². The molecule has 0 spiro atoms. The van der Waals surface area contributed by atoms with E-state index in [1.54, 1.807) is 0 Å². The highest BCUT2D eigenvalue weighted by Gasteiger charge is 2.43. The van der Waals surface area contributed by atoms with Gasteiger partial charge in [-0.3, -0.25) is 4.79 Å². The van der Waals surface area contributed by atoms with Crippen molar-refractivity contribution >= 4 is 18.3 Å². The van der Waals surface area contributed by atoms with E-state index < -0.39 is 0 Å². The molecule has 2 bridgehead atoms. The fourth-order valence-corrected chi connectivity index (χ4v) is 4.33. The van der Waals surface area contributed by atoms with E-state index in [9.17, 15) is 4.79 Å². The van der Waals surface area contributed by atoms with Crippen LogP contribution in [0.5, 0.6) is 0 Å². The largest absolute Gasteiger partial charge is 0.353 e. The number of rotatable bonds is 6. The molecule has 4 unspecified atom stereocenters. The van der Waals surface area contributed by atoms with Crippen molar-refractivity contribution in [2.45, 2.75) is 65.3 Å². The minimum absolute atomic E-state index is 0. The van der Waals surface area contributed by atoms with Crippen LogP contribution in [0.1, 0.15) is 59.3 Å². The third-order valence-electron chi connectivity index (χ3n) is 6.02. The van der Waals surface area contributed by atoms with E-state index in [-0.39, 0.29) is 23.7 Å². The molecule has 0 aromatic rings. The minimum atomic E-state index is -0.355. The number of nitrogens with two attached hydrogens (primary N) is 1. The Balaban J connectivity index is 0.00000200. The van der Waals surface area contributed by atoms with E-state index in [4.69, 9.17) is 5.73 Å². The number of hydrogen-bond acceptors (Lipinski definition) is 2. The topological polar surface area (TPSA) is 55.1 Å². The van der Waals surface area contributed by atoms with Crippen LogP contribution in [0.4, 0.5) is 0 Å². The molecule has 0 saturated heterocycles. The van der Waals surface area contributed by atoms with Gasteiger partial charge in [-0.05, 0) is 56.8 Å². The lowest BCUT2D eigenvalue weighted by Gasteiger charge is -2.34. The lowest BCUT2D eigenvalue weighted by molar-refractivity contribution is -0.132. The van der Waals surface area contributed by atoms with Gasteiger partial charge >= 0.3 is 0 Å². The third-order valence-corrected chi connectivity index (χ3v) is 6.02. The minimum Gasteiger partial charge on any atom is -0.353 e. The van der Waals surface area contributed by atoms with E-state index in [0.29, 0.717) is 18.5 Å². The molecule has 1 amide bonds. The van der Waals surface area contributed by atoms with Crippen molar-refractivity contribution in [3.63, 3.8) is 0 Å². The maximum Gasteiger partial charge on any atom is 0.227 e. The first-order valence-corrected chi connectivity index (χ1v) is 8.07. The van der Waals surface area contributed by atoms with E-state index in [1.165, 1.54) is 25.7 Å². The Bertz CT molecular complexity index is 322. The Labute approximate surface area is 129 Å². The zero-order valence-corrected chi connectivity index (χ0v) is 14.0. The average molecular weight is 303 g/mol. The number of amides is 1. The predicted molar refractivity (Wildman–Crippen MR) is 85.9 cm³/mol. The zero-order valence-electron chi connectivity index (χ0n) is 13.2. The van der Waals surface area contributed by atoms with Gasteiger partial charge in [0.1, 0.15) is 0 Å². The van der Waals surface area contributed by atoms with Crippen molar-refractivity contribution in [2.24, 2.45) is 28.9 Å². The molecule has 0 heterocycles. The standard InChI is InChI=1S/C16H30N2O.ClH/c1-4-16(5-2,10-17)15(19)18-11(3)14-9-12-6-7-13(14)8-12;/h11-14H,4-10,17H2,1-3H3,(H,18,19);1H. The Kier molecular flexibility index (Phi) is 6.33. The Morgan fingerprint density at radius 3 is 2.35 bits per heavy atom. The molecule has 0 aromatic heterocycles. The van der Waals surface area contributed by atoms with E-state index in [0.717, 1.165) is 24.7 Å². The molecule has 0 aliphatic heterocycles. The van der Waals surface area contributed by atoms with Crippen LogP contribution in [0.3, 0.4) is 0 Å². The monoisotopic (exact) mass is 302 g/mol. The van der Waals surface area contributed by atoms with Gasteiger partial charge in [0.05, 0.1) is 5.41 Å². The van der Waals surface area contributed by atoms with Crippen molar-refractivity contribution in [3.8, 4) is 0 Å². The summed E-state index contributed by atoms with van der Waals surface area (Å²) in [6, 6.07) is 0.312. The lowest BCUT2D eigenvalue weighted by Crippen LogP contribution is -2.50. The highest BCUT2D eigenvalue weighted by atomic mass is 35.5. The van der Waals surface area contributed by atoms with Gasteiger partial charge in [0.2, 0.25) is 5.91 Å². The molecule has 2 aliphatic carbocycles. The summed E-state index contributed by atoms with van der Waals surface area (Å²) in [7, 11) is 0. The van der Waals surface area contributed by atoms with Crippen molar-refractivity contribution < 1.29 is 4.79 Å². The van der Waals surface area contributed by atoms with Crippen molar-refractivity contribution in [3.05, 3.63) is 0 Å². The number of carbonyl (C=O) groups excluding carboxylic acids is 1. The number of fused-ring (bicyclic) bond motifs is 2. The number of hydrogen-bond donors (Lipinski definition) is 2. The summed E-state index contributed by atoms with van der Waals surface area (Å²) in [5.41, 5.74) is 5.50. The highest BCUT2D eigenvalue weighted by molar-refractivity contribution is 5.85. The Morgan fingerprint density at radius 1 is 1.30 bits per heavy atom. The van der Waals surface area contributed by atoms with Crippen LogP contribution in [0.25, 0.3) is 0 Å². The second kappa shape index (κ2) is 7.13. The number of halogens is 1. The Hall–Kier alpha value is -0.280. The predicted octanol–water partition coefficient (Wildman–Crippen LogP) is 3.11. The molecule has 20 heavy (non-hydrogen) atoms. The van der Waals surface area contributed by atoms with Crippen LogP contribution >= 0.6 is 12.4 Å². The second-order valence-corrected chi connectivity index (χ2v) is 6.79. The van der Waals surface area contributed by atoms with Crippen LogP contribution in [0, 0.1) is 23.2 Å². The van der Waals surface area contributed by atoms with Crippen LogP contribution in [-0.2, 0) is 4.79 Å². The maximum absolute atomic E-state index is 12.5. The number of nitrogens with one attached hydrogen (secondary N) is 1. The quantitative estimate of drug-likeness (QED) is 0.792. The molecule has 3 N–H and O–H groups in total. The van der Waals surface area contributed by atoms with Gasteiger partial charge in [-0.15, -0.1) is 12.4 Å². The SMILES string of the molecule is CCC(CC)(CN)C(=O)NC(C)C1CC2CCC1C2.Cl. The molecule has 2 aliphatic rings. The van der Waals surface area contributed by atoms with Crippen molar-refractivity contribution in [2.75, 3.05) is 6.54 Å². The van der Waals surface area contributed by atoms with E-state index >= 15 is 0 Å². The molecular formula is C16H31ClN2O. The van der Waals surface area contributed by atoms with Gasteiger partial charge in [0.15, 0.2) is 0 Å². The fraction of sp³-hybridized carbons (Fsp3) is 0.938. The molecule has 4 atom stereocenters. The number of carbonyl (C=O) groups is 1. The first kappa shape index (κ1) is 17.8. The summed E-state index contributed by atoms with van der Waals surface area (Å²) in [4.78, 5) is 12.5. The Morgan fingerprint density at radius 2 is 1.95 bits per heavy atom. The van der Waals surface area contributed by atoms with Crippen molar-refractivity contribution in [1.82, 2.24) is 5.32 Å². The molecule has 2 saturated carbocycles. The maximum atomic E-state index is 12.5. The van der Waals surface area contributed by atoms with Crippen LogP contribution < -0.4 is 11.1 Å².